The predicted octanol–water partition coefficient (Wildman–Crippen LogP) is 0.584. The van der Waals surface area contributed by atoms with E-state index in [9.17, 15) is 5.11 Å². The molecule has 2 N–H and O–H groups in total. The van der Waals surface area contributed by atoms with Gasteiger partial charge < -0.3 is 10.4 Å². The normalized spacial score (nSPS) is 38.8. The summed E-state index contributed by atoms with van der Waals surface area (Å²) in [6.45, 7) is 7.68. The monoisotopic (exact) mass is 198 g/mol. The van der Waals surface area contributed by atoms with Crippen LogP contribution >= 0.6 is 0 Å². The lowest BCUT2D eigenvalue weighted by molar-refractivity contribution is 0.0328. The smallest absolute Gasteiger partial charge is 0.0667 e. The topological polar surface area (TPSA) is 35.5 Å². The van der Waals surface area contributed by atoms with Crippen molar-refractivity contribution in [1.29, 1.82) is 0 Å². The molecule has 0 aliphatic carbocycles. The van der Waals surface area contributed by atoms with Gasteiger partial charge in [-0.15, -0.1) is 0 Å². The highest BCUT2D eigenvalue weighted by atomic mass is 16.3. The van der Waals surface area contributed by atoms with E-state index in [-0.39, 0.29) is 11.6 Å². The van der Waals surface area contributed by atoms with Crippen LogP contribution < -0.4 is 5.32 Å². The number of hydrogen-bond donors (Lipinski definition) is 2. The van der Waals surface area contributed by atoms with Crippen molar-refractivity contribution in [3.63, 3.8) is 0 Å². The summed E-state index contributed by atoms with van der Waals surface area (Å²) < 4.78 is 0. The largest absolute Gasteiger partial charge is 0.392 e. The lowest BCUT2D eigenvalue weighted by Gasteiger charge is -2.40. The molecule has 2 atom stereocenters. The highest BCUT2D eigenvalue weighted by Crippen LogP contribution is 2.26. The van der Waals surface area contributed by atoms with E-state index in [4.69, 9.17) is 0 Å². The van der Waals surface area contributed by atoms with Crippen molar-refractivity contribution in [1.82, 2.24) is 10.2 Å². The van der Waals surface area contributed by atoms with Gasteiger partial charge >= 0.3 is 0 Å². The Kier molecular flexibility index (Phi) is 2.82. The SMILES string of the molecule is CC1(C)NCC[C@H]1N1CCC[C@H](O)C1. The molecule has 0 radical (unpaired) electrons. The van der Waals surface area contributed by atoms with Crippen molar-refractivity contribution in [2.75, 3.05) is 19.6 Å². The summed E-state index contributed by atoms with van der Waals surface area (Å²) in [5, 5.41) is 13.2. The molecular weight excluding hydrogens is 176 g/mol. The van der Waals surface area contributed by atoms with Crippen LogP contribution in [0.4, 0.5) is 0 Å². The Balaban J connectivity index is 2.00. The molecule has 82 valence electrons. The minimum absolute atomic E-state index is 0.0971. The van der Waals surface area contributed by atoms with Crippen LogP contribution in [0.1, 0.15) is 33.1 Å². The second-order valence-corrected chi connectivity index (χ2v) is 5.24. The van der Waals surface area contributed by atoms with Crippen LogP contribution in [-0.2, 0) is 0 Å². The fourth-order valence-corrected chi connectivity index (χ4v) is 2.92. The Morgan fingerprint density at radius 1 is 1.36 bits per heavy atom. The van der Waals surface area contributed by atoms with Crippen molar-refractivity contribution >= 4 is 0 Å². The van der Waals surface area contributed by atoms with Crippen LogP contribution in [0.2, 0.25) is 0 Å². The molecular formula is C11H22N2O. The minimum Gasteiger partial charge on any atom is -0.392 e. The molecule has 0 saturated carbocycles. The predicted molar refractivity (Wildman–Crippen MR) is 57.3 cm³/mol. The third-order valence-electron chi connectivity index (χ3n) is 3.70. The zero-order valence-electron chi connectivity index (χ0n) is 9.29. The van der Waals surface area contributed by atoms with Gasteiger partial charge in [-0.1, -0.05) is 0 Å². The summed E-state index contributed by atoms with van der Waals surface area (Å²) in [5.41, 5.74) is 0.219. The fraction of sp³-hybridized carbons (Fsp3) is 1.00. The summed E-state index contributed by atoms with van der Waals surface area (Å²) in [6.07, 6.45) is 3.25. The molecule has 14 heavy (non-hydrogen) atoms. The summed E-state index contributed by atoms with van der Waals surface area (Å²) in [5.74, 6) is 0. The van der Waals surface area contributed by atoms with Crippen molar-refractivity contribution in [3.05, 3.63) is 0 Å². The highest BCUT2D eigenvalue weighted by Gasteiger charge is 2.39. The maximum atomic E-state index is 9.65. The van der Waals surface area contributed by atoms with Crippen molar-refractivity contribution in [3.8, 4) is 0 Å². The number of likely N-dealkylation sites (tertiary alicyclic amines) is 1. The maximum absolute atomic E-state index is 9.65. The van der Waals surface area contributed by atoms with Crippen LogP contribution in [0.5, 0.6) is 0 Å². The van der Waals surface area contributed by atoms with Gasteiger partial charge in [0.05, 0.1) is 6.10 Å². The molecule has 0 aromatic rings. The highest BCUT2D eigenvalue weighted by molar-refractivity contribution is 4.99. The molecule has 2 rings (SSSR count). The van der Waals surface area contributed by atoms with Crippen molar-refractivity contribution in [2.45, 2.75) is 50.8 Å². The number of hydrogen-bond acceptors (Lipinski definition) is 3. The van der Waals surface area contributed by atoms with Gasteiger partial charge in [0.25, 0.3) is 0 Å². The lowest BCUT2D eigenvalue weighted by atomic mass is 9.93. The lowest BCUT2D eigenvalue weighted by Crippen LogP contribution is -2.54. The van der Waals surface area contributed by atoms with E-state index in [1.54, 1.807) is 0 Å². The van der Waals surface area contributed by atoms with Gasteiger partial charge in [0.2, 0.25) is 0 Å². The Morgan fingerprint density at radius 2 is 2.14 bits per heavy atom. The first kappa shape index (κ1) is 10.4. The van der Waals surface area contributed by atoms with Gasteiger partial charge in [0.15, 0.2) is 0 Å². The standard InChI is InChI=1S/C11H22N2O/c1-11(2)10(5-6-12-11)13-7-3-4-9(14)8-13/h9-10,12,14H,3-8H2,1-2H3/t9-,10+/m0/s1. The number of nitrogens with one attached hydrogen (secondary N) is 1. The van der Waals surface area contributed by atoms with Crippen molar-refractivity contribution in [2.24, 2.45) is 0 Å². The Hall–Kier alpha value is -0.120. The van der Waals surface area contributed by atoms with Gasteiger partial charge in [-0.2, -0.15) is 0 Å². The minimum atomic E-state index is -0.0971. The molecule has 0 aromatic heterocycles. The third kappa shape index (κ3) is 1.95. The Morgan fingerprint density at radius 3 is 2.71 bits per heavy atom. The van der Waals surface area contributed by atoms with Crippen LogP contribution in [-0.4, -0.2) is 47.3 Å². The molecule has 2 fully saturated rings. The van der Waals surface area contributed by atoms with E-state index in [2.05, 4.69) is 24.1 Å². The summed E-state index contributed by atoms with van der Waals surface area (Å²) in [7, 11) is 0. The van der Waals surface area contributed by atoms with E-state index < -0.39 is 0 Å². The molecule has 2 aliphatic rings. The quantitative estimate of drug-likeness (QED) is 0.647. The van der Waals surface area contributed by atoms with Crippen LogP contribution in [0.15, 0.2) is 0 Å². The first-order chi connectivity index (χ1) is 6.59. The van der Waals surface area contributed by atoms with E-state index >= 15 is 0 Å². The zero-order valence-corrected chi connectivity index (χ0v) is 9.29. The third-order valence-corrected chi connectivity index (χ3v) is 3.70. The molecule has 0 amide bonds. The van der Waals surface area contributed by atoms with Crippen LogP contribution in [0.3, 0.4) is 0 Å². The molecule has 3 heteroatoms. The zero-order chi connectivity index (χ0) is 10.2. The van der Waals surface area contributed by atoms with Gasteiger partial charge in [-0.05, 0) is 46.2 Å². The first-order valence-corrected chi connectivity index (χ1v) is 5.77. The number of aliphatic hydroxyl groups is 1. The average Bonchev–Trinajstić information content (AvgIpc) is 2.45. The molecule has 0 aromatic carbocycles. The Bertz CT molecular complexity index is 205. The van der Waals surface area contributed by atoms with E-state index in [0.717, 1.165) is 32.5 Å². The summed E-state index contributed by atoms with van der Waals surface area (Å²) in [6, 6.07) is 0.609. The van der Waals surface area contributed by atoms with Crippen LogP contribution in [0.25, 0.3) is 0 Å². The maximum Gasteiger partial charge on any atom is 0.0667 e. The molecule has 3 nitrogen and oxygen atoms in total. The number of piperidine rings is 1. The number of β-amino-alcohol motifs (C(OH)–C–C–N with tert-alkyl or cyclic N) is 1. The molecule has 2 heterocycles. The average molecular weight is 198 g/mol. The second kappa shape index (κ2) is 3.80. The first-order valence-electron chi connectivity index (χ1n) is 5.77. The fourth-order valence-electron chi connectivity index (χ4n) is 2.92. The van der Waals surface area contributed by atoms with Gasteiger partial charge in [-0.25, -0.2) is 0 Å². The molecule has 2 aliphatic heterocycles. The summed E-state index contributed by atoms with van der Waals surface area (Å²) >= 11 is 0. The summed E-state index contributed by atoms with van der Waals surface area (Å²) in [4.78, 5) is 2.47. The van der Waals surface area contributed by atoms with E-state index in [1.165, 1.54) is 6.42 Å². The Labute approximate surface area is 86.5 Å². The van der Waals surface area contributed by atoms with Gasteiger partial charge in [0.1, 0.15) is 0 Å². The van der Waals surface area contributed by atoms with Crippen molar-refractivity contribution < 1.29 is 5.11 Å². The molecule has 2 saturated heterocycles. The van der Waals surface area contributed by atoms with Gasteiger partial charge in [0, 0.05) is 18.1 Å². The van der Waals surface area contributed by atoms with E-state index in [1.807, 2.05) is 0 Å². The van der Waals surface area contributed by atoms with E-state index in [0.29, 0.717) is 6.04 Å². The molecule has 0 unspecified atom stereocenters. The van der Waals surface area contributed by atoms with Crippen LogP contribution in [0, 0.1) is 0 Å². The number of rotatable bonds is 1. The number of aliphatic hydroxyl groups excluding tert-OH is 1. The number of nitrogens with zero attached hydrogens (tertiary/aromatic N) is 1. The van der Waals surface area contributed by atoms with Gasteiger partial charge in [-0.3, -0.25) is 4.90 Å². The second-order valence-electron chi connectivity index (χ2n) is 5.24. The molecule has 0 spiro atoms. The molecule has 0 bridgehead atoms.